The molecule has 3 N–H and O–H groups in total. The van der Waals surface area contributed by atoms with Crippen LogP contribution in [0, 0.1) is 0 Å². The molecule has 1 aromatic rings. The fourth-order valence-electron chi connectivity index (χ4n) is 1.34. The molecule has 1 aromatic heterocycles. The van der Waals surface area contributed by atoms with Crippen LogP contribution in [0.5, 0.6) is 0 Å². The van der Waals surface area contributed by atoms with E-state index in [0.29, 0.717) is 13.0 Å². The molecule has 0 aromatic carbocycles. The third kappa shape index (κ3) is 5.46. The summed E-state index contributed by atoms with van der Waals surface area (Å²) < 4.78 is 0. The lowest BCUT2D eigenvalue weighted by Crippen LogP contribution is -2.27. The van der Waals surface area contributed by atoms with Crippen molar-refractivity contribution in [2.24, 2.45) is 5.73 Å². The smallest absolute Gasteiger partial charge is 0.220 e. The van der Waals surface area contributed by atoms with Gasteiger partial charge in [-0.2, -0.15) is 0 Å². The van der Waals surface area contributed by atoms with Gasteiger partial charge in [0.1, 0.15) is 0 Å². The molecule has 1 atom stereocenters. The fraction of sp³-hybridized carbons (Fsp3) is 0.500. The van der Waals surface area contributed by atoms with Crippen molar-refractivity contribution in [1.82, 2.24) is 10.3 Å². The van der Waals surface area contributed by atoms with E-state index in [-0.39, 0.29) is 11.9 Å². The lowest BCUT2D eigenvalue weighted by Gasteiger charge is -2.06. The van der Waals surface area contributed by atoms with E-state index in [0.717, 1.165) is 18.4 Å². The molecule has 0 saturated carbocycles. The van der Waals surface area contributed by atoms with Gasteiger partial charge in [-0.25, -0.2) is 0 Å². The molecule has 1 rings (SSSR count). The van der Waals surface area contributed by atoms with Gasteiger partial charge in [0.15, 0.2) is 0 Å². The van der Waals surface area contributed by atoms with E-state index < -0.39 is 0 Å². The van der Waals surface area contributed by atoms with Crippen LogP contribution in [-0.2, 0) is 11.2 Å². The highest BCUT2D eigenvalue weighted by Crippen LogP contribution is 1.96. The van der Waals surface area contributed by atoms with E-state index in [4.69, 9.17) is 5.73 Å². The third-order valence-electron chi connectivity index (χ3n) is 2.29. The molecular weight excluding hydrogens is 202 g/mol. The van der Waals surface area contributed by atoms with Crippen LogP contribution in [0.3, 0.4) is 0 Å². The Hall–Kier alpha value is -1.42. The molecule has 0 spiro atoms. The highest BCUT2D eigenvalue weighted by Gasteiger charge is 2.02. The largest absolute Gasteiger partial charge is 0.356 e. The quantitative estimate of drug-likeness (QED) is 0.749. The third-order valence-corrected chi connectivity index (χ3v) is 2.29. The van der Waals surface area contributed by atoms with Crippen LogP contribution < -0.4 is 11.1 Å². The molecule has 0 aliphatic heterocycles. The number of carbonyl (C=O) groups excluding carboxylic acids is 1. The van der Waals surface area contributed by atoms with E-state index in [1.165, 1.54) is 0 Å². The van der Waals surface area contributed by atoms with E-state index in [2.05, 4.69) is 10.3 Å². The minimum absolute atomic E-state index is 0.0705. The predicted octanol–water partition coefficient (Wildman–Crippen LogP) is 0.868. The Morgan fingerprint density at radius 3 is 3.06 bits per heavy atom. The summed E-state index contributed by atoms with van der Waals surface area (Å²) in [5, 5.41) is 2.86. The number of aromatic nitrogens is 1. The van der Waals surface area contributed by atoms with Gasteiger partial charge in [-0.1, -0.05) is 6.07 Å². The number of amides is 1. The zero-order valence-corrected chi connectivity index (χ0v) is 9.65. The first-order valence-electron chi connectivity index (χ1n) is 5.59. The molecule has 1 amide bonds. The van der Waals surface area contributed by atoms with Crippen molar-refractivity contribution < 1.29 is 4.79 Å². The van der Waals surface area contributed by atoms with Crippen molar-refractivity contribution in [3.8, 4) is 0 Å². The number of nitrogens with zero attached hydrogens (tertiary/aromatic N) is 1. The molecule has 88 valence electrons. The van der Waals surface area contributed by atoms with Gasteiger partial charge >= 0.3 is 0 Å². The van der Waals surface area contributed by atoms with Gasteiger partial charge in [-0.15, -0.1) is 0 Å². The normalized spacial score (nSPS) is 12.1. The van der Waals surface area contributed by atoms with Gasteiger partial charge in [0.25, 0.3) is 0 Å². The van der Waals surface area contributed by atoms with E-state index in [9.17, 15) is 4.79 Å². The average molecular weight is 221 g/mol. The van der Waals surface area contributed by atoms with E-state index in [1.54, 1.807) is 6.20 Å². The number of nitrogens with two attached hydrogens (primary N) is 1. The Labute approximate surface area is 96.3 Å². The molecule has 16 heavy (non-hydrogen) atoms. The van der Waals surface area contributed by atoms with E-state index >= 15 is 0 Å². The molecule has 0 aliphatic rings. The average Bonchev–Trinajstić information content (AvgIpc) is 2.28. The SMILES string of the molecule is CC(N)CCC(=O)NCCc1cccnc1. The van der Waals surface area contributed by atoms with Crippen LogP contribution in [0.25, 0.3) is 0 Å². The Balaban J connectivity index is 2.13. The minimum Gasteiger partial charge on any atom is -0.356 e. The molecule has 0 radical (unpaired) electrons. The Morgan fingerprint density at radius 1 is 1.62 bits per heavy atom. The number of rotatable bonds is 6. The monoisotopic (exact) mass is 221 g/mol. The van der Waals surface area contributed by atoms with Gasteiger partial charge in [-0.05, 0) is 31.4 Å². The van der Waals surface area contributed by atoms with Gasteiger partial charge in [0, 0.05) is 31.4 Å². The lowest BCUT2D eigenvalue weighted by molar-refractivity contribution is -0.121. The maximum atomic E-state index is 11.4. The summed E-state index contributed by atoms with van der Waals surface area (Å²) in [6.07, 6.45) is 5.61. The van der Waals surface area contributed by atoms with Gasteiger partial charge in [0.2, 0.25) is 5.91 Å². The first-order valence-corrected chi connectivity index (χ1v) is 5.59. The van der Waals surface area contributed by atoms with Crippen LogP contribution >= 0.6 is 0 Å². The summed E-state index contributed by atoms with van der Waals surface area (Å²) in [6.45, 7) is 2.56. The van der Waals surface area contributed by atoms with Crippen LogP contribution in [0.15, 0.2) is 24.5 Å². The highest BCUT2D eigenvalue weighted by molar-refractivity contribution is 5.75. The minimum atomic E-state index is 0.0705. The zero-order chi connectivity index (χ0) is 11.8. The van der Waals surface area contributed by atoms with Crippen LogP contribution in [0.4, 0.5) is 0 Å². The van der Waals surface area contributed by atoms with Gasteiger partial charge < -0.3 is 11.1 Å². The topological polar surface area (TPSA) is 68.0 Å². The van der Waals surface area contributed by atoms with Crippen LogP contribution in [0.2, 0.25) is 0 Å². The number of hydrogen-bond acceptors (Lipinski definition) is 3. The number of nitrogens with one attached hydrogen (secondary N) is 1. The van der Waals surface area contributed by atoms with Crippen LogP contribution in [0.1, 0.15) is 25.3 Å². The van der Waals surface area contributed by atoms with Gasteiger partial charge in [-0.3, -0.25) is 9.78 Å². The molecule has 4 nitrogen and oxygen atoms in total. The fourth-order valence-corrected chi connectivity index (χ4v) is 1.34. The maximum absolute atomic E-state index is 11.4. The number of hydrogen-bond donors (Lipinski definition) is 2. The lowest BCUT2D eigenvalue weighted by atomic mass is 10.2. The van der Waals surface area contributed by atoms with Crippen molar-refractivity contribution in [3.05, 3.63) is 30.1 Å². The second-order valence-electron chi connectivity index (χ2n) is 3.98. The Bertz CT molecular complexity index is 311. The number of carbonyl (C=O) groups is 1. The van der Waals surface area contributed by atoms with Crippen LogP contribution in [-0.4, -0.2) is 23.5 Å². The number of pyridine rings is 1. The molecular formula is C12H19N3O. The van der Waals surface area contributed by atoms with E-state index in [1.807, 2.05) is 25.3 Å². The Kier molecular flexibility index (Phi) is 5.50. The van der Waals surface area contributed by atoms with Gasteiger partial charge in [0.05, 0.1) is 0 Å². The maximum Gasteiger partial charge on any atom is 0.220 e. The molecule has 0 aliphatic carbocycles. The molecule has 0 fully saturated rings. The first kappa shape index (κ1) is 12.6. The van der Waals surface area contributed by atoms with Crippen molar-refractivity contribution in [2.75, 3.05) is 6.54 Å². The summed E-state index contributed by atoms with van der Waals surface area (Å²) >= 11 is 0. The van der Waals surface area contributed by atoms with Crippen molar-refractivity contribution in [2.45, 2.75) is 32.2 Å². The predicted molar refractivity (Wildman–Crippen MR) is 63.8 cm³/mol. The summed E-state index contributed by atoms with van der Waals surface area (Å²) in [6, 6.07) is 3.98. The van der Waals surface area contributed by atoms with Crippen molar-refractivity contribution >= 4 is 5.91 Å². The summed E-state index contributed by atoms with van der Waals surface area (Å²) in [7, 11) is 0. The zero-order valence-electron chi connectivity index (χ0n) is 9.65. The summed E-state index contributed by atoms with van der Waals surface area (Å²) in [5.41, 5.74) is 6.71. The van der Waals surface area contributed by atoms with Crippen molar-refractivity contribution in [1.29, 1.82) is 0 Å². The molecule has 0 saturated heterocycles. The standard InChI is InChI=1S/C12H19N3O/c1-10(13)4-5-12(16)15-8-6-11-3-2-7-14-9-11/h2-3,7,9-10H,4-6,8,13H2,1H3,(H,15,16). The second-order valence-corrected chi connectivity index (χ2v) is 3.98. The second kappa shape index (κ2) is 6.95. The molecule has 1 heterocycles. The molecule has 4 heteroatoms. The molecule has 0 bridgehead atoms. The molecule has 1 unspecified atom stereocenters. The first-order chi connectivity index (χ1) is 7.68. The summed E-state index contributed by atoms with van der Waals surface area (Å²) in [5.74, 6) is 0.0705. The van der Waals surface area contributed by atoms with Crippen molar-refractivity contribution in [3.63, 3.8) is 0 Å². The highest BCUT2D eigenvalue weighted by atomic mass is 16.1. The summed E-state index contributed by atoms with van der Waals surface area (Å²) in [4.78, 5) is 15.4. The Morgan fingerprint density at radius 2 is 2.44 bits per heavy atom.